The van der Waals surface area contributed by atoms with Gasteiger partial charge >= 0.3 is 0 Å². The van der Waals surface area contributed by atoms with Gasteiger partial charge in [-0.1, -0.05) is 0 Å². The fourth-order valence-electron chi connectivity index (χ4n) is 2.26. The van der Waals surface area contributed by atoms with Crippen LogP contribution in [0.25, 0.3) is 0 Å². The van der Waals surface area contributed by atoms with E-state index in [-0.39, 0.29) is 23.6 Å². The Labute approximate surface area is 136 Å². The van der Waals surface area contributed by atoms with Gasteiger partial charge < -0.3 is 15.3 Å². The zero-order valence-electron chi connectivity index (χ0n) is 13.6. The number of hydrogen-bond donors (Lipinski definition) is 2. The molecule has 0 unspecified atom stereocenters. The van der Waals surface area contributed by atoms with Gasteiger partial charge in [-0.3, -0.25) is 4.79 Å². The maximum absolute atomic E-state index is 12.1. The van der Waals surface area contributed by atoms with Gasteiger partial charge in [0.15, 0.2) is 0 Å². The Morgan fingerprint density at radius 3 is 2.74 bits per heavy atom. The average molecular weight is 311 g/mol. The first-order valence-electron chi connectivity index (χ1n) is 7.46. The number of nitrogens with one attached hydrogen (secondary N) is 1. The Morgan fingerprint density at radius 1 is 1.43 bits per heavy atom. The third kappa shape index (κ3) is 4.36. The number of carbonyl (C=O) groups excluding carboxylic acids is 1. The minimum atomic E-state index is -0.226. The highest BCUT2D eigenvalue weighted by molar-refractivity contribution is 5.81. The molecule has 1 amide bonds. The molecule has 0 fully saturated rings. The van der Waals surface area contributed by atoms with Gasteiger partial charge in [0.2, 0.25) is 5.91 Å². The van der Waals surface area contributed by atoms with Crippen molar-refractivity contribution in [2.45, 2.75) is 32.7 Å². The van der Waals surface area contributed by atoms with Crippen molar-refractivity contribution in [3.05, 3.63) is 53.4 Å². The van der Waals surface area contributed by atoms with Crippen LogP contribution in [0, 0.1) is 11.3 Å². The van der Waals surface area contributed by atoms with Crippen molar-refractivity contribution in [2.75, 3.05) is 6.54 Å². The standard InChI is InChI=1S/C18H21N3O2/c1-18(2,3)21-8-6-15(7-9-21)20-17(23)11-14-10-13(12-19)4-5-16(14)22/h4-8,10,22H,9,11H2,1-3H3,(H,20,23). The summed E-state index contributed by atoms with van der Waals surface area (Å²) in [7, 11) is 0. The Hall–Kier alpha value is -2.74. The number of aromatic hydroxyl groups is 1. The lowest BCUT2D eigenvalue weighted by Crippen LogP contribution is -2.39. The summed E-state index contributed by atoms with van der Waals surface area (Å²) in [5.41, 5.74) is 1.64. The first kappa shape index (κ1) is 16.6. The van der Waals surface area contributed by atoms with Crippen molar-refractivity contribution in [3.8, 4) is 11.8 Å². The second kappa shape index (κ2) is 6.57. The first-order chi connectivity index (χ1) is 10.8. The van der Waals surface area contributed by atoms with E-state index in [2.05, 4.69) is 31.0 Å². The molecule has 0 spiro atoms. The molecule has 0 bridgehead atoms. The maximum atomic E-state index is 12.1. The Bertz CT molecular complexity index is 706. The van der Waals surface area contributed by atoms with Gasteiger partial charge in [0, 0.05) is 29.5 Å². The molecule has 0 saturated heterocycles. The third-order valence-corrected chi connectivity index (χ3v) is 3.65. The highest BCUT2D eigenvalue weighted by atomic mass is 16.3. The summed E-state index contributed by atoms with van der Waals surface area (Å²) >= 11 is 0. The molecule has 1 aromatic carbocycles. The molecule has 0 aromatic heterocycles. The van der Waals surface area contributed by atoms with E-state index in [0.29, 0.717) is 11.1 Å². The molecule has 1 aliphatic heterocycles. The summed E-state index contributed by atoms with van der Waals surface area (Å²) in [6, 6.07) is 6.48. The summed E-state index contributed by atoms with van der Waals surface area (Å²) in [6.45, 7) is 7.10. The number of nitriles is 1. The molecule has 1 aliphatic rings. The molecule has 23 heavy (non-hydrogen) atoms. The molecule has 5 heteroatoms. The van der Waals surface area contributed by atoms with Crippen LogP contribution in [-0.4, -0.2) is 28.0 Å². The molecular formula is C18H21N3O2. The molecule has 0 aliphatic carbocycles. The second-order valence-electron chi connectivity index (χ2n) is 6.48. The van der Waals surface area contributed by atoms with Crippen LogP contribution in [0.15, 0.2) is 42.2 Å². The van der Waals surface area contributed by atoms with Crippen LogP contribution in [0.2, 0.25) is 0 Å². The summed E-state index contributed by atoms with van der Waals surface area (Å²) in [4.78, 5) is 14.3. The van der Waals surface area contributed by atoms with Gasteiger partial charge in [-0.2, -0.15) is 5.26 Å². The van der Waals surface area contributed by atoms with Crippen molar-refractivity contribution in [1.29, 1.82) is 5.26 Å². The molecule has 1 aromatic rings. The number of benzene rings is 1. The zero-order valence-corrected chi connectivity index (χ0v) is 13.6. The van der Waals surface area contributed by atoms with Gasteiger partial charge in [-0.05, 0) is 51.1 Å². The second-order valence-corrected chi connectivity index (χ2v) is 6.48. The molecular weight excluding hydrogens is 290 g/mol. The lowest BCUT2D eigenvalue weighted by atomic mass is 10.1. The number of rotatable bonds is 3. The van der Waals surface area contributed by atoms with Crippen molar-refractivity contribution >= 4 is 5.91 Å². The zero-order chi connectivity index (χ0) is 17.0. The van der Waals surface area contributed by atoms with E-state index in [1.54, 1.807) is 0 Å². The van der Waals surface area contributed by atoms with Crippen molar-refractivity contribution in [1.82, 2.24) is 10.2 Å². The topological polar surface area (TPSA) is 76.4 Å². The highest BCUT2D eigenvalue weighted by Gasteiger charge is 2.19. The smallest absolute Gasteiger partial charge is 0.228 e. The number of phenolic OH excluding ortho intramolecular Hbond substituents is 1. The van der Waals surface area contributed by atoms with Crippen molar-refractivity contribution in [3.63, 3.8) is 0 Å². The highest BCUT2D eigenvalue weighted by Crippen LogP contribution is 2.20. The SMILES string of the molecule is CC(C)(C)N1C=CC(NC(=O)Cc2cc(C#N)ccc2O)=CC1. The molecule has 0 radical (unpaired) electrons. The molecule has 5 nitrogen and oxygen atoms in total. The average Bonchev–Trinajstić information content (AvgIpc) is 2.49. The summed E-state index contributed by atoms with van der Waals surface area (Å²) in [6.07, 6.45) is 5.80. The Balaban J connectivity index is 1.98. The van der Waals surface area contributed by atoms with Crippen LogP contribution < -0.4 is 5.32 Å². The maximum Gasteiger partial charge on any atom is 0.228 e. The Morgan fingerprint density at radius 2 is 2.17 bits per heavy atom. The molecule has 120 valence electrons. The first-order valence-corrected chi connectivity index (χ1v) is 7.46. The van der Waals surface area contributed by atoms with Gasteiger partial charge in [0.1, 0.15) is 5.75 Å². The summed E-state index contributed by atoms with van der Waals surface area (Å²) < 4.78 is 0. The molecule has 0 saturated carbocycles. The predicted molar refractivity (Wildman–Crippen MR) is 88.4 cm³/mol. The van der Waals surface area contributed by atoms with E-state index < -0.39 is 0 Å². The molecule has 1 heterocycles. The van der Waals surface area contributed by atoms with Crippen LogP contribution in [0.3, 0.4) is 0 Å². The van der Waals surface area contributed by atoms with E-state index in [9.17, 15) is 9.90 Å². The molecule has 2 rings (SSSR count). The molecule has 2 N–H and O–H groups in total. The number of phenols is 1. The number of nitrogens with zero attached hydrogens (tertiary/aromatic N) is 2. The van der Waals surface area contributed by atoms with E-state index >= 15 is 0 Å². The van der Waals surface area contributed by atoms with E-state index in [0.717, 1.165) is 12.2 Å². The third-order valence-electron chi connectivity index (χ3n) is 3.65. The fraction of sp³-hybridized carbons (Fsp3) is 0.333. The van der Waals surface area contributed by atoms with Crippen molar-refractivity contribution < 1.29 is 9.90 Å². The fourth-order valence-corrected chi connectivity index (χ4v) is 2.26. The van der Waals surface area contributed by atoms with Crippen LogP contribution >= 0.6 is 0 Å². The van der Waals surface area contributed by atoms with Gasteiger partial charge in [-0.15, -0.1) is 0 Å². The number of carbonyl (C=O) groups is 1. The monoisotopic (exact) mass is 311 g/mol. The Kier molecular flexibility index (Phi) is 4.75. The van der Waals surface area contributed by atoms with Crippen LogP contribution in [0.5, 0.6) is 5.75 Å². The van der Waals surface area contributed by atoms with Crippen LogP contribution in [0.4, 0.5) is 0 Å². The van der Waals surface area contributed by atoms with Gasteiger partial charge in [0.25, 0.3) is 0 Å². The minimum absolute atomic E-state index is 0.0197. The molecule has 0 atom stereocenters. The number of allylic oxidation sites excluding steroid dienone is 1. The van der Waals surface area contributed by atoms with Crippen LogP contribution in [-0.2, 0) is 11.2 Å². The predicted octanol–water partition coefficient (Wildman–Crippen LogP) is 2.43. The number of hydrogen-bond acceptors (Lipinski definition) is 4. The minimum Gasteiger partial charge on any atom is -0.508 e. The van der Waals surface area contributed by atoms with Crippen LogP contribution in [0.1, 0.15) is 31.9 Å². The lowest BCUT2D eigenvalue weighted by Gasteiger charge is -2.35. The largest absolute Gasteiger partial charge is 0.508 e. The van der Waals surface area contributed by atoms with Crippen molar-refractivity contribution in [2.24, 2.45) is 0 Å². The van der Waals surface area contributed by atoms with Gasteiger partial charge in [0.05, 0.1) is 18.1 Å². The lowest BCUT2D eigenvalue weighted by molar-refractivity contribution is -0.119. The summed E-state index contributed by atoms with van der Waals surface area (Å²) in [5, 5.41) is 21.5. The van der Waals surface area contributed by atoms with Gasteiger partial charge in [-0.25, -0.2) is 0 Å². The van der Waals surface area contributed by atoms with E-state index in [4.69, 9.17) is 5.26 Å². The normalized spacial score (nSPS) is 14.2. The summed E-state index contributed by atoms with van der Waals surface area (Å²) in [5.74, 6) is -0.207. The quantitative estimate of drug-likeness (QED) is 0.899. The van der Waals surface area contributed by atoms with E-state index in [1.807, 2.05) is 24.4 Å². The van der Waals surface area contributed by atoms with E-state index in [1.165, 1.54) is 18.2 Å². The number of amides is 1.